The smallest absolute Gasteiger partial charge is 0.325 e. The van der Waals surface area contributed by atoms with Crippen LogP contribution in [0.1, 0.15) is 41.5 Å². The number of ether oxygens (including phenoxy) is 1. The van der Waals surface area contributed by atoms with Crippen LogP contribution in [0.4, 0.5) is 0 Å². The van der Waals surface area contributed by atoms with Gasteiger partial charge in [-0.25, -0.2) is 0 Å². The van der Waals surface area contributed by atoms with Crippen molar-refractivity contribution in [1.82, 2.24) is 10.6 Å². The fraction of sp³-hybridized carbons (Fsp3) is 0.769. The Morgan fingerprint density at radius 2 is 1.73 bits per heavy atom. The Kier molecular flexibility index (Phi) is 7.51. The Balaban J connectivity index is 4.81. The van der Waals surface area contributed by atoms with Gasteiger partial charge in [-0.15, -0.1) is 4.91 Å². The fourth-order valence-corrected chi connectivity index (χ4v) is 2.01. The zero-order valence-electron chi connectivity index (χ0n) is 13.7. The normalized spacial score (nSPS) is 13.0. The highest BCUT2D eigenvalue weighted by molar-refractivity contribution is 7.99. The Morgan fingerprint density at radius 1 is 1.18 bits per heavy atom. The van der Waals surface area contributed by atoms with Crippen LogP contribution >= 0.6 is 11.9 Å². The summed E-state index contributed by atoms with van der Waals surface area (Å²) in [5, 5.41) is 4.84. The molecular formula is C13H23N3O5S. The van der Waals surface area contributed by atoms with E-state index in [1.165, 1.54) is 6.92 Å². The summed E-state index contributed by atoms with van der Waals surface area (Å²) < 4.78 is 6.81. The monoisotopic (exact) mass is 333 g/mol. The second kappa shape index (κ2) is 8.11. The van der Waals surface area contributed by atoms with Gasteiger partial charge < -0.3 is 15.4 Å². The lowest BCUT2D eigenvalue weighted by molar-refractivity contribution is -0.154. The van der Waals surface area contributed by atoms with E-state index in [9.17, 15) is 19.3 Å². The molecule has 0 heterocycles. The molecule has 126 valence electrons. The molecule has 8 nitrogen and oxygen atoms in total. The number of hydrogen-bond acceptors (Lipinski definition) is 7. The molecule has 1 atom stereocenters. The van der Waals surface area contributed by atoms with Crippen LogP contribution in [-0.4, -0.2) is 40.7 Å². The first-order valence-corrected chi connectivity index (χ1v) is 7.44. The number of amides is 2. The third-order valence-electron chi connectivity index (χ3n) is 2.40. The minimum atomic E-state index is -1.02. The highest BCUT2D eigenvalue weighted by Gasteiger charge is 2.38. The summed E-state index contributed by atoms with van der Waals surface area (Å²) in [5.74, 6) is -1.62. The van der Waals surface area contributed by atoms with E-state index in [1.54, 1.807) is 34.6 Å². The van der Waals surface area contributed by atoms with E-state index in [1.807, 2.05) is 0 Å². The van der Waals surface area contributed by atoms with Crippen molar-refractivity contribution in [2.24, 2.45) is 4.58 Å². The predicted molar refractivity (Wildman–Crippen MR) is 83.9 cm³/mol. The van der Waals surface area contributed by atoms with Crippen LogP contribution < -0.4 is 10.6 Å². The van der Waals surface area contributed by atoms with Gasteiger partial charge in [0.1, 0.15) is 18.2 Å². The lowest BCUT2D eigenvalue weighted by atomic mass is 10.0. The maximum atomic E-state index is 12.2. The minimum Gasteiger partial charge on any atom is -0.459 e. The first-order valence-electron chi connectivity index (χ1n) is 6.66. The van der Waals surface area contributed by atoms with Crippen LogP contribution in [0.2, 0.25) is 0 Å². The summed E-state index contributed by atoms with van der Waals surface area (Å²) in [7, 11) is 0. The van der Waals surface area contributed by atoms with Gasteiger partial charge in [-0.3, -0.25) is 14.4 Å². The number of hydrogen-bond donors (Lipinski definition) is 2. The number of nitroso groups, excluding NO2 is 1. The van der Waals surface area contributed by atoms with Crippen molar-refractivity contribution in [3.05, 3.63) is 4.91 Å². The van der Waals surface area contributed by atoms with E-state index in [0.29, 0.717) is 11.9 Å². The average Bonchev–Trinajstić information content (AvgIpc) is 2.30. The lowest BCUT2D eigenvalue weighted by Crippen LogP contribution is -2.56. The molecule has 0 spiro atoms. The third kappa shape index (κ3) is 7.96. The molecular weight excluding hydrogens is 310 g/mol. The van der Waals surface area contributed by atoms with E-state index in [-0.39, 0.29) is 6.54 Å². The van der Waals surface area contributed by atoms with E-state index in [0.717, 1.165) is 0 Å². The fourth-order valence-electron chi connectivity index (χ4n) is 1.55. The zero-order valence-corrected chi connectivity index (χ0v) is 14.5. The first-order chi connectivity index (χ1) is 9.89. The van der Waals surface area contributed by atoms with Crippen molar-refractivity contribution in [1.29, 1.82) is 0 Å². The van der Waals surface area contributed by atoms with E-state index < -0.39 is 34.2 Å². The van der Waals surface area contributed by atoms with E-state index >= 15 is 0 Å². The van der Waals surface area contributed by atoms with E-state index in [2.05, 4.69) is 15.2 Å². The van der Waals surface area contributed by atoms with Gasteiger partial charge in [0.2, 0.25) is 11.8 Å². The van der Waals surface area contributed by atoms with Crippen LogP contribution in [0.15, 0.2) is 4.58 Å². The molecule has 0 aliphatic rings. The minimum absolute atomic E-state index is 0.332. The molecule has 0 fully saturated rings. The molecule has 0 radical (unpaired) electrons. The van der Waals surface area contributed by atoms with Crippen molar-refractivity contribution in [2.75, 3.05) is 6.54 Å². The van der Waals surface area contributed by atoms with Crippen LogP contribution in [0.3, 0.4) is 0 Å². The summed E-state index contributed by atoms with van der Waals surface area (Å²) in [4.78, 5) is 45.5. The molecule has 0 bridgehead atoms. The predicted octanol–water partition coefficient (Wildman–Crippen LogP) is 1.14. The SMILES string of the molecule is CC(=O)N[C@H](C(=O)NCC(=O)OC(C)(C)C)C(C)(C)SN=O. The maximum absolute atomic E-state index is 12.2. The Hall–Kier alpha value is -1.64. The van der Waals surface area contributed by atoms with Gasteiger partial charge >= 0.3 is 5.97 Å². The van der Waals surface area contributed by atoms with Crippen LogP contribution in [0, 0.1) is 4.91 Å². The highest BCUT2D eigenvalue weighted by Crippen LogP contribution is 2.29. The number of carbonyl (C=O) groups excluding carboxylic acids is 3. The third-order valence-corrected chi connectivity index (χ3v) is 3.19. The molecule has 2 amide bonds. The van der Waals surface area contributed by atoms with E-state index in [4.69, 9.17) is 4.74 Å². The summed E-state index contributed by atoms with van der Waals surface area (Å²) >= 11 is 0.634. The van der Waals surface area contributed by atoms with Crippen molar-refractivity contribution in [3.8, 4) is 0 Å². The van der Waals surface area contributed by atoms with Gasteiger partial charge in [0, 0.05) is 23.5 Å². The molecule has 0 aliphatic heterocycles. The summed E-state index contributed by atoms with van der Waals surface area (Å²) in [6, 6.07) is -1.02. The molecule has 0 saturated carbocycles. The van der Waals surface area contributed by atoms with Crippen LogP contribution in [-0.2, 0) is 19.1 Å². The second-order valence-electron chi connectivity index (χ2n) is 6.21. The largest absolute Gasteiger partial charge is 0.459 e. The van der Waals surface area contributed by atoms with Crippen molar-refractivity contribution in [3.63, 3.8) is 0 Å². The van der Waals surface area contributed by atoms with Gasteiger partial charge in [-0.2, -0.15) is 0 Å². The zero-order chi connectivity index (χ0) is 17.6. The number of carbonyl (C=O) groups is 3. The van der Waals surface area contributed by atoms with Crippen molar-refractivity contribution < 1.29 is 19.1 Å². The van der Waals surface area contributed by atoms with Crippen molar-refractivity contribution in [2.45, 2.75) is 57.9 Å². The van der Waals surface area contributed by atoms with Gasteiger partial charge in [0.15, 0.2) is 0 Å². The molecule has 0 aliphatic carbocycles. The van der Waals surface area contributed by atoms with Gasteiger partial charge in [0.05, 0.1) is 4.75 Å². The second-order valence-corrected chi connectivity index (χ2v) is 7.59. The van der Waals surface area contributed by atoms with Gasteiger partial charge in [-0.05, 0) is 34.6 Å². The molecule has 0 unspecified atom stereocenters. The molecule has 2 N–H and O–H groups in total. The molecule has 0 aromatic carbocycles. The number of nitrogens with zero attached hydrogens (tertiary/aromatic N) is 1. The highest BCUT2D eigenvalue weighted by atomic mass is 32.2. The van der Waals surface area contributed by atoms with Crippen molar-refractivity contribution >= 4 is 29.7 Å². The number of esters is 1. The van der Waals surface area contributed by atoms with Gasteiger partial charge in [0.25, 0.3) is 0 Å². The van der Waals surface area contributed by atoms with Gasteiger partial charge in [-0.1, -0.05) is 0 Å². The Labute approximate surface area is 134 Å². The quantitative estimate of drug-likeness (QED) is 0.410. The summed E-state index contributed by atoms with van der Waals surface area (Å²) in [5.41, 5.74) is -0.657. The van der Waals surface area contributed by atoms with Crippen LogP contribution in [0.5, 0.6) is 0 Å². The summed E-state index contributed by atoms with van der Waals surface area (Å²) in [6.45, 7) is 9.23. The summed E-state index contributed by atoms with van der Waals surface area (Å²) in [6.07, 6.45) is 0. The number of rotatable bonds is 7. The standard InChI is InChI=1S/C13H23N3O5S/c1-8(17)15-10(13(5,6)22-16-20)11(19)14-7-9(18)21-12(2,3)4/h10H,7H2,1-6H3,(H,14,19)(H,15,17)/t10-/m1/s1. The first kappa shape index (κ1) is 20.4. The molecule has 0 saturated heterocycles. The molecule has 9 heteroatoms. The molecule has 0 aromatic rings. The lowest BCUT2D eigenvalue weighted by Gasteiger charge is -2.30. The Morgan fingerprint density at radius 3 is 2.14 bits per heavy atom. The average molecular weight is 333 g/mol. The molecule has 0 rings (SSSR count). The molecule has 0 aromatic heterocycles. The topological polar surface area (TPSA) is 114 Å². The van der Waals surface area contributed by atoms with Crippen LogP contribution in [0.25, 0.3) is 0 Å². The molecule has 22 heavy (non-hydrogen) atoms. The number of nitrogens with one attached hydrogen (secondary N) is 2. The maximum Gasteiger partial charge on any atom is 0.325 e. The Bertz CT molecular complexity index is 445.